The summed E-state index contributed by atoms with van der Waals surface area (Å²) in [6.45, 7) is 1.67. The van der Waals surface area contributed by atoms with Gasteiger partial charge in [0.05, 0.1) is 33.0 Å². The first-order valence-electron chi connectivity index (χ1n) is 11.3. The fraction of sp³-hybridized carbons (Fsp3) is 0.148. The Bertz CT molecular complexity index is 1490. The van der Waals surface area contributed by atoms with Gasteiger partial charge in [-0.15, -0.1) is 0 Å². The molecule has 0 unspecified atom stereocenters. The number of nitrogens with zero attached hydrogens (tertiary/aromatic N) is 2. The van der Waals surface area contributed by atoms with Crippen LogP contribution in [0.3, 0.4) is 0 Å². The molecule has 0 bridgehead atoms. The van der Waals surface area contributed by atoms with Gasteiger partial charge in [0.1, 0.15) is 0 Å². The first-order valence-corrected chi connectivity index (χ1v) is 12.5. The van der Waals surface area contributed by atoms with Gasteiger partial charge in [-0.1, -0.05) is 71.8 Å². The van der Waals surface area contributed by atoms with Gasteiger partial charge < -0.3 is 11.1 Å². The zero-order valence-electron chi connectivity index (χ0n) is 19.9. The van der Waals surface area contributed by atoms with E-state index in [0.717, 1.165) is 12.1 Å². The molecule has 4 aromatic rings. The lowest BCUT2D eigenvalue weighted by Gasteiger charge is -2.15. The average molecular weight is 577 g/mol. The maximum absolute atomic E-state index is 13.5. The zero-order valence-corrected chi connectivity index (χ0v) is 22.2. The van der Waals surface area contributed by atoms with Crippen LogP contribution in [0.4, 0.5) is 13.2 Å². The molecule has 3 N–H and O–H groups in total. The van der Waals surface area contributed by atoms with E-state index in [2.05, 4.69) is 10.4 Å². The van der Waals surface area contributed by atoms with Crippen LogP contribution in [0.25, 0.3) is 16.9 Å². The van der Waals surface area contributed by atoms with Crippen molar-refractivity contribution in [1.82, 2.24) is 15.1 Å². The molecule has 4 rings (SSSR count). The van der Waals surface area contributed by atoms with Crippen LogP contribution in [0.15, 0.2) is 72.8 Å². The van der Waals surface area contributed by atoms with Crippen molar-refractivity contribution in [2.24, 2.45) is 5.73 Å². The lowest BCUT2D eigenvalue weighted by atomic mass is 10.0. The Balaban J connectivity index is 1.80. The second kappa shape index (κ2) is 11.1. The van der Waals surface area contributed by atoms with Crippen molar-refractivity contribution < 1.29 is 18.0 Å². The van der Waals surface area contributed by atoms with E-state index in [1.807, 2.05) is 0 Å². The van der Waals surface area contributed by atoms with Crippen LogP contribution in [0.1, 0.15) is 40.1 Å². The van der Waals surface area contributed by atoms with Crippen molar-refractivity contribution in [2.75, 3.05) is 0 Å². The molecule has 11 heteroatoms. The zero-order chi connectivity index (χ0) is 27.6. The van der Waals surface area contributed by atoms with E-state index >= 15 is 0 Å². The summed E-state index contributed by atoms with van der Waals surface area (Å²) in [6.07, 6.45) is -4.39. The van der Waals surface area contributed by atoms with Gasteiger partial charge in [0.2, 0.25) is 0 Å². The molecule has 38 heavy (non-hydrogen) atoms. The minimum absolute atomic E-state index is 0.0569. The van der Waals surface area contributed by atoms with Crippen LogP contribution in [-0.2, 0) is 12.6 Å². The summed E-state index contributed by atoms with van der Waals surface area (Å²) in [5.74, 6) is -0.551. The van der Waals surface area contributed by atoms with Crippen LogP contribution in [0.5, 0.6) is 0 Å². The second-order valence-corrected chi connectivity index (χ2v) is 9.87. The molecule has 3 aromatic carbocycles. The maximum Gasteiger partial charge on any atom is 0.416 e. The number of hydrogen-bond donors (Lipinski definition) is 2. The van der Waals surface area contributed by atoms with Gasteiger partial charge >= 0.3 is 6.18 Å². The first kappa shape index (κ1) is 27.6. The normalized spacial score (nSPS) is 12.3. The Kier molecular flexibility index (Phi) is 8.10. The van der Waals surface area contributed by atoms with Crippen LogP contribution >= 0.6 is 35.4 Å². The number of hydrogen-bond acceptors (Lipinski definition) is 3. The number of thiocarbonyl (C=S) groups is 1. The van der Waals surface area contributed by atoms with Crippen molar-refractivity contribution in [2.45, 2.75) is 25.6 Å². The molecular weight excluding hydrogens is 556 g/mol. The number of amides is 1. The van der Waals surface area contributed by atoms with Gasteiger partial charge in [0, 0.05) is 22.6 Å². The Labute approximate surface area is 232 Å². The van der Waals surface area contributed by atoms with Gasteiger partial charge in [-0.2, -0.15) is 18.3 Å². The number of carbonyl (C=O) groups excluding carboxylic acids is 1. The highest BCUT2D eigenvalue weighted by Crippen LogP contribution is 2.34. The molecule has 1 atom stereocenters. The quantitative estimate of drug-likeness (QED) is 0.228. The van der Waals surface area contributed by atoms with Crippen molar-refractivity contribution in [3.05, 3.63) is 105 Å². The monoisotopic (exact) mass is 576 g/mol. The molecule has 1 aromatic heterocycles. The summed E-state index contributed by atoms with van der Waals surface area (Å²) in [7, 11) is 0. The highest BCUT2D eigenvalue weighted by Gasteiger charge is 2.31. The average Bonchev–Trinajstić information content (AvgIpc) is 3.22. The molecule has 0 aliphatic carbocycles. The summed E-state index contributed by atoms with van der Waals surface area (Å²) in [5, 5.41) is 8.35. The molecule has 1 amide bonds. The number of aromatic nitrogens is 2. The van der Waals surface area contributed by atoms with E-state index in [0.29, 0.717) is 38.1 Å². The largest absolute Gasteiger partial charge is 0.416 e. The van der Waals surface area contributed by atoms with Crippen LogP contribution in [0.2, 0.25) is 10.0 Å². The predicted octanol–water partition coefficient (Wildman–Crippen LogP) is 7.18. The van der Waals surface area contributed by atoms with Crippen LogP contribution in [0, 0.1) is 0 Å². The number of nitrogens with two attached hydrogens (primary N) is 1. The molecule has 0 radical (unpaired) electrons. The molecule has 0 aliphatic rings. The van der Waals surface area contributed by atoms with E-state index in [-0.39, 0.29) is 17.1 Å². The van der Waals surface area contributed by atoms with E-state index in [1.165, 1.54) is 12.1 Å². The van der Waals surface area contributed by atoms with Gasteiger partial charge in [-0.05, 0) is 48.9 Å². The third kappa shape index (κ3) is 6.01. The van der Waals surface area contributed by atoms with Crippen LogP contribution in [-0.4, -0.2) is 20.7 Å². The van der Waals surface area contributed by atoms with E-state index in [1.54, 1.807) is 60.1 Å². The van der Waals surface area contributed by atoms with E-state index in [9.17, 15) is 18.0 Å². The highest BCUT2D eigenvalue weighted by atomic mass is 35.5. The van der Waals surface area contributed by atoms with Crippen molar-refractivity contribution in [3.8, 4) is 16.9 Å². The molecule has 0 fully saturated rings. The number of nitrogens with one attached hydrogen (secondary N) is 1. The van der Waals surface area contributed by atoms with Crippen molar-refractivity contribution in [3.63, 3.8) is 0 Å². The Hall–Kier alpha value is -3.40. The third-order valence-corrected chi connectivity index (χ3v) is 6.55. The van der Waals surface area contributed by atoms with Crippen molar-refractivity contribution >= 4 is 46.3 Å². The van der Waals surface area contributed by atoms with E-state index < -0.39 is 23.7 Å². The highest BCUT2D eigenvalue weighted by molar-refractivity contribution is 7.80. The van der Waals surface area contributed by atoms with Crippen molar-refractivity contribution in [1.29, 1.82) is 0 Å². The SMILES string of the molecule is C[C@@H](NC(=O)c1nn(-c2ccccc2Cl)c(-c2ccc(Cl)cc2)c1CC(N)=S)c1ccc(C(F)(F)F)cc1. The molecular formula is C27H21Cl2F3N4OS. The molecule has 5 nitrogen and oxygen atoms in total. The fourth-order valence-electron chi connectivity index (χ4n) is 3.99. The second-order valence-electron chi connectivity index (χ2n) is 8.50. The molecule has 196 valence electrons. The number of carbonyl (C=O) groups is 1. The van der Waals surface area contributed by atoms with Gasteiger partial charge in [-0.3, -0.25) is 4.79 Å². The summed E-state index contributed by atoms with van der Waals surface area (Å²) in [5.41, 5.74) is 7.93. The topological polar surface area (TPSA) is 72.9 Å². The molecule has 0 saturated carbocycles. The molecule has 1 heterocycles. The Morgan fingerprint density at radius 2 is 1.68 bits per heavy atom. The smallest absolute Gasteiger partial charge is 0.393 e. The molecule has 0 aliphatic heterocycles. The number of rotatable bonds is 7. The Morgan fingerprint density at radius 1 is 1.05 bits per heavy atom. The standard InChI is InChI=1S/C27H21Cl2F3N4OS/c1-15(16-6-10-18(11-7-16)27(30,31)32)34-26(37)24-20(14-23(33)38)25(17-8-12-19(28)13-9-17)36(35-24)22-5-3-2-4-21(22)29/h2-13,15H,14H2,1H3,(H2,33,38)(H,34,37)/t15-/m1/s1. The predicted molar refractivity (Wildman–Crippen MR) is 147 cm³/mol. The molecule has 0 spiro atoms. The molecule has 0 saturated heterocycles. The number of benzene rings is 3. The number of alkyl halides is 3. The summed E-state index contributed by atoms with van der Waals surface area (Å²) < 4.78 is 40.4. The Morgan fingerprint density at radius 3 is 2.26 bits per heavy atom. The lowest BCUT2D eigenvalue weighted by Crippen LogP contribution is -2.28. The van der Waals surface area contributed by atoms with Gasteiger partial charge in [0.15, 0.2) is 5.69 Å². The van der Waals surface area contributed by atoms with Gasteiger partial charge in [-0.25, -0.2) is 4.68 Å². The number of halogens is 5. The summed E-state index contributed by atoms with van der Waals surface area (Å²) >= 11 is 17.8. The lowest BCUT2D eigenvalue weighted by molar-refractivity contribution is -0.137. The summed E-state index contributed by atoms with van der Waals surface area (Å²) in [6, 6.07) is 18.0. The first-order chi connectivity index (χ1) is 18.0. The van der Waals surface area contributed by atoms with Crippen LogP contribution < -0.4 is 11.1 Å². The number of para-hydroxylation sites is 1. The van der Waals surface area contributed by atoms with Gasteiger partial charge in [0.25, 0.3) is 5.91 Å². The third-order valence-electron chi connectivity index (χ3n) is 5.83. The fourth-order valence-corrected chi connectivity index (χ4v) is 4.47. The summed E-state index contributed by atoms with van der Waals surface area (Å²) in [4.78, 5) is 13.7. The van der Waals surface area contributed by atoms with E-state index in [4.69, 9.17) is 41.2 Å². The maximum atomic E-state index is 13.5. The minimum atomic E-state index is -4.45. The minimum Gasteiger partial charge on any atom is -0.393 e.